The molecule has 0 amide bonds. The summed E-state index contributed by atoms with van der Waals surface area (Å²) in [5, 5.41) is 15.2. The molecule has 0 aromatic heterocycles. The first-order valence-electron chi connectivity index (χ1n) is 8.56. The van der Waals surface area contributed by atoms with Crippen LogP contribution in [0.4, 0.5) is 11.4 Å². The van der Waals surface area contributed by atoms with E-state index in [-0.39, 0.29) is 11.9 Å². The van der Waals surface area contributed by atoms with Gasteiger partial charge in [-0.2, -0.15) is 0 Å². The number of para-hydroxylation sites is 1. The lowest BCUT2D eigenvalue weighted by molar-refractivity contribution is -0.384. The Morgan fingerprint density at radius 2 is 1.56 bits per heavy atom. The van der Waals surface area contributed by atoms with E-state index in [1.165, 1.54) is 12.1 Å². The zero-order valence-corrected chi connectivity index (χ0v) is 14.4. The molecule has 0 N–H and O–H groups in total. The van der Waals surface area contributed by atoms with E-state index in [4.69, 9.17) is 4.84 Å². The molecule has 6 nitrogen and oxygen atoms in total. The van der Waals surface area contributed by atoms with Crippen molar-refractivity contribution in [2.45, 2.75) is 6.23 Å². The number of rotatable bonds is 4. The SMILES string of the molecule is O=[N+]([O-])c1ccc(C2=NOC(c3ccccc3)N(c3ccccc3)C2)cc1. The second kappa shape index (κ2) is 7.29. The highest BCUT2D eigenvalue weighted by molar-refractivity contribution is 6.03. The second-order valence-corrected chi connectivity index (χ2v) is 6.17. The van der Waals surface area contributed by atoms with Crippen LogP contribution >= 0.6 is 0 Å². The van der Waals surface area contributed by atoms with Gasteiger partial charge in [-0.25, -0.2) is 0 Å². The topological polar surface area (TPSA) is 68.0 Å². The van der Waals surface area contributed by atoms with Crippen LogP contribution in [0, 0.1) is 10.1 Å². The minimum absolute atomic E-state index is 0.0538. The van der Waals surface area contributed by atoms with Gasteiger partial charge in [0.25, 0.3) is 5.69 Å². The number of hydrogen-bond donors (Lipinski definition) is 0. The van der Waals surface area contributed by atoms with Gasteiger partial charge < -0.3 is 9.74 Å². The predicted molar refractivity (Wildman–Crippen MR) is 104 cm³/mol. The molecule has 0 saturated carbocycles. The van der Waals surface area contributed by atoms with Gasteiger partial charge in [-0.05, 0) is 24.3 Å². The first-order valence-corrected chi connectivity index (χ1v) is 8.56. The molecule has 0 radical (unpaired) electrons. The lowest BCUT2D eigenvalue weighted by Crippen LogP contribution is -2.38. The van der Waals surface area contributed by atoms with Gasteiger partial charge in [-0.1, -0.05) is 53.7 Å². The maximum absolute atomic E-state index is 10.9. The summed E-state index contributed by atoms with van der Waals surface area (Å²) in [6.45, 7) is 0.529. The minimum Gasteiger partial charge on any atom is -0.365 e. The fourth-order valence-corrected chi connectivity index (χ4v) is 3.07. The van der Waals surface area contributed by atoms with Gasteiger partial charge in [0.15, 0.2) is 0 Å². The van der Waals surface area contributed by atoms with Crippen LogP contribution in [0.2, 0.25) is 0 Å². The van der Waals surface area contributed by atoms with Crippen LogP contribution in [0.25, 0.3) is 0 Å². The van der Waals surface area contributed by atoms with Gasteiger partial charge in [0, 0.05) is 28.9 Å². The van der Waals surface area contributed by atoms with Crippen LogP contribution in [0.1, 0.15) is 17.4 Å². The summed E-state index contributed by atoms with van der Waals surface area (Å²) >= 11 is 0. The smallest absolute Gasteiger partial charge is 0.269 e. The third-order valence-corrected chi connectivity index (χ3v) is 4.45. The number of anilines is 1. The fourth-order valence-electron chi connectivity index (χ4n) is 3.07. The van der Waals surface area contributed by atoms with Crippen LogP contribution in [-0.4, -0.2) is 17.2 Å². The molecule has 0 spiro atoms. The van der Waals surface area contributed by atoms with Crippen LogP contribution in [0.15, 0.2) is 90.1 Å². The molecule has 27 heavy (non-hydrogen) atoms. The van der Waals surface area contributed by atoms with Crippen molar-refractivity contribution < 1.29 is 9.76 Å². The Bertz CT molecular complexity index is 957. The van der Waals surface area contributed by atoms with Crippen molar-refractivity contribution in [2.24, 2.45) is 5.16 Å². The number of nitro benzene ring substituents is 1. The van der Waals surface area contributed by atoms with Crippen molar-refractivity contribution >= 4 is 17.1 Å². The summed E-state index contributed by atoms with van der Waals surface area (Å²) in [5.74, 6) is 0. The van der Waals surface area contributed by atoms with E-state index in [9.17, 15) is 10.1 Å². The van der Waals surface area contributed by atoms with Crippen LogP contribution in [0.3, 0.4) is 0 Å². The molecule has 0 bridgehead atoms. The molecule has 0 aliphatic carbocycles. The van der Waals surface area contributed by atoms with Crippen molar-refractivity contribution in [2.75, 3.05) is 11.4 Å². The third-order valence-electron chi connectivity index (χ3n) is 4.45. The molecule has 134 valence electrons. The molecule has 0 fully saturated rings. The monoisotopic (exact) mass is 359 g/mol. The number of nitro groups is 1. The van der Waals surface area contributed by atoms with E-state index >= 15 is 0 Å². The van der Waals surface area contributed by atoms with E-state index in [1.54, 1.807) is 12.1 Å². The van der Waals surface area contributed by atoms with Crippen molar-refractivity contribution in [1.82, 2.24) is 0 Å². The number of non-ortho nitro benzene ring substituents is 1. The standard InChI is InChI=1S/C21H17N3O3/c25-24(26)19-13-11-16(12-14-19)20-15-23(18-9-5-2-6-10-18)21(27-22-20)17-7-3-1-4-8-17/h1-14,21H,15H2. The summed E-state index contributed by atoms with van der Waals surface area (Å²) in [5.41, 5.74) is 3.60. The number of benzene rings is 3. The molecule has 1 heterocycles. The van der Waals surface area contributed by atoms with Crippen molar-refractivity contribution in [3.63, 3.8) is 0 Å². The fraction of sp³-hybridized carbons (Fsp3) is 0.0952. The van der Waals surface area contributed by atoms with Crippen LogP contribution < -0.4 is 4.90 Å². The largest absolute Gasteiger partial charge is 0.365 e. The van der Waals surface area contributed by atoms with E-state index in [2.05, 4.69) is 10.1 Å². The molecule has 3 aromatic carbocycles. The Kier molecular flexibility index (Phi) is 4.53. The molecule has 6 heteroatoms. The Balaban J connectivity index is 1.68. The second-order valence-electron chi connectivity index (χ2n) is 6.17. The van der Waals surface area contributed by atoms with Gasteiger partial charge in [0.1, 0.15) is 5.71 Å². The number of hydrogen-bond acceptors (Lipinski definition) is 5. The highest BCUT2D eigenvalue weighted by Gasteiger charge is 2.28. The molecule has 0 saturated heterocycles. The maximum Gasteiger partial charge on any atom is 0.269 e. The van der Waals surface area contributed by atoms with Crippen LogP contribution in [-0.2, 0) is 4.84 Å². The van der Waals surface area contributed by atoms with Gasteiger partial charge >= 0.3 is 0 Å². The van der Waals surface area contributed by atoms with Gasteiger partial charge in [0.2, 0.25) is 6.23 Å². The minimum atomic E-state index is -0.412. The van der Waals surface area contributed by atoms with E-state index in [0.717, 1.165) is 22.5 Å². The molecule has 3 aromatic rings. The molecular weight excluding hydrogens is 342 g/mol. The van der Waals surface area contributed by atoms with Crippen molar-refractivity contribution in [3.8, 4) is 0 Å². The van der Waals surface area contributed by atoms with Crippen LogP contribution in [0.5, 0.6) is 0 Å². The average molecular weight is 359 g/mol. The molecule has 1 aliphatic heterocycles. The highest BCUT2D eigenvalue weighted by atomic mass is 16.7. The summed E-state index contributed by atoms with van der Waals surface area (Å²) in [6.07, 6.45) is -0.338. The first kappa shape index (κ1) is 16.8. The normalized spacial score (nSPS) is 16.4. The zero-order valence-electron chi connectivity index (χ0n) is 14.4. The van der Waals surface area contributed by atoms with Gasteiger partial charge in [-0.3, -0.25) is 10.1 Å². The zero-order chi connectivity index (χ0) is 18.6. The first-order chi connectivity index (χ1) is 13.2. The lowest BCUT2D eigenvalue weighted by Gasteiger charge is -2.35. The van der Waals surface area contributed by atoms with Crippen molar-refractivity contribution in [3.05, 3.63) is 106 Å². The van der Waals surface area contributed by atoms with Gasteiger partial charge in [0.05, 0.1) is 11.5 Å². The molecule has 1 aliphatic rings. The van der Waals surface area contributed by atoms with Crippen molar-refractivity contribution in [1.29, 1.82) is 0 Å². The Labute approximate surface area is 156 Å². The average Bonchev–Trinajstić information content (AvgIpc) is 2.74. The lowest BCUT2D eigenvalue weighted by atomic mass is 10.1. The predicted octanol–water partition coefficient (Wildman–Crippen LogP) is 4.53. The Morgan fingerprint density at radius 3 is 2.19 bits per heavy atom. The molecule has 1 unspecified atom stereocenters. The van der Waals surface area contributed by atoms with E-state index in [1.807, 2.05) is 60.7 Å². The molecule has 1 atom stereocenters. The Morgan fingerprint density at radius 1 is 0.926 bits per heavy atom. The third kappa shape index (κ3) is 3.50. The maximum atomic E-state index is 10.9. The van der Waals surface area contributed by atoms with E-state index in [0.29, 0.717) is 6.54 Å². The highest BCUT2D eigenvalue weighted by Crippen LogP contribution is 2.31. The summed E-state index contributed by atoms with van der Waals surface area (Å²) < 4.78 is 0. The summed E-state index contributed by atoms with van der Waals surface area (Å²) in [4.78, 5) is 18.4. The number of oxime groups is 1. The van der Waals surface area contributed by atoms with E-state index < -0.39 is 4.92 Å². The number of nitrogens with zero attached hydrogens (tertiary/aromatic N) is 3. The summed E-state index contributed by atoms with van der Waals surface area (Å²) in [7, 11) is 0. The molecular formula is C21H17N3O3. The molecule has 4 rings (SSSR count). The summed E-state index contributed by atoms with van der Waals surface area (Å²) in [6, 6.07) is 26.3. The Hall–Kier alpha value is -3.67. The van der Waals surface area contributed by atoms with Gasteiger partial charge in [-0.15, -0.1) is 0 Å². The quantitative estimate of drug-likeness (QED) is 0.507.